The minimum Gasteiger partial charge on any atom is -0.458 e. The molecule has 2 aliphatic rings. The van der Waals surface area contributed by atoms with Crippen LogP contribution in [0.3, 0.4) is 0 Å². The van der Waals surface area contributed by atoms with Gasteiger partial charge in [0.05, 0.1) is 12.6 Å². The van der Waals surface area contributed by atoms with Crippen LogP contribution in [-0.4, -0.2) is 78.7 Å². The molecule has 0 unspecified atom stereocenters. The summed E-state index contributed by atoms with van der Waals surface area (Å²) in [5, 5.41) is 10.7. The van der Waals surface area contributed by atoms with Gasteiger partial charge in [-0.25, -0.2) is 4.39 Å². The Morgan fingerprint density at radius 1 is 1.16 bits per heavy atom. The molecule has 9 N–H and O–H groups in total. The van der Waals surface area contributed by atoms with Crippen LogP contribution in [0.1, 0.15) is 18.9 Å². The molecule has 10 atom stereocenters. The van der Waals surface area contributed by atoms with E-state index in [0.29, 0.717) is 0 Å². The molecule has 11 heteroatoms. The molecule has 2 fully saturated rings. The third-order valence-corrected chi connectivity index (χ3v) is 5.84. The van der Waals surface area contributed by atoms with Crippen molar-refractivity contribution in [3.8, 4) is 0 Å². The summed E-state index contributed by atoms with van der Waals surface area (Å²) in [5.74, 6) is -0.602. The molecular weight excluding hydrogens is 423 g/mol. The van der Waals surface area contributed by atoms with Gasteiger partial charge in [0.2, 0.25) is 0 Å². The highest BCUT2D eigenvalue weighted by Gasteiger charge is 2.50. The summed E-state index contributed by atoms with van der Waals surface area (Å²) in [4.78, 5) is 11.4. The summed E-state index contributed by atoms with van der Waals surface area (Å²) in [6.45, 7) is 1.34. The molecule has 1 saturated carbocycles. The van der Waals surface area contributed by atoms with Crippen LogP contribution in [0.4, 0.5) is 4.39 Å². The van der Waals surface area contributed by atoms with E-state index >= 15 is 4.39 Å². The number of carbonyl (C=O) groups is 1. The van der Waals surface area contributed by atoms with Crippen LogP contribution in [-0.2, 0) is 30.3 Å². The van der Waals surface area contributed by atoms with E-state index in [1.807, 2.05) is 30.3 Å². The average Bonchev–Trinajstić information content (AvgIpc) is 2.76. The standard InChI is InChI=1S/C21H33FN4O6/c1-10(27)30-18-12(24)7-13(25)19(17(18)28)32-21-16(26)15(22)20(14(8-23)31-21)29-9-11-5-3-2-4-6-11/h2-6,12-21,28H,7-9,23-26H2,1H3/t12-,13+,14-,15-,16-,17-,18+,19-,20-,21-/m1/s1. The number of ether oxygens (including phenoxy) is 4. The van der Waals surface area contributed by atoms with Gasteiger partial charge >= 0.3 is 5.97 Å². The molecule has 1 aliphatic carbocycles. The quantitative estimate of drug-likeness (QED) is 0.308. The van der Waals surface area contributed by atoms with Crippen molar-refractivity contribution in [3.63, 3.8) is 0 Å². The predicted molar refractivity (Wildman–Crippen MR) is 113 cm³/mol. The first kappa shape index (κ1) is 24.9. The number of rotatable bonds is 7. The highest BCUT2D eigenvalue weighted by atomic mass is 19.1. The molecule has 32 heavy (non-hydrogen) atoms. The number of alkyl halides is 1. The van der Waals surface area contributed by atoms with Gasteiger partial charge in [-0.05, 0) is 12.0 Å². The second-order valence-corrected chi connectivity index (χ2v) is 8.29. The number of nitrogens with two attached hydrogens (primary N) is 4. The van der Waals surface area contributed by atoms with Crippen LogP contribution in [0.5, 0.6) is 0 Å². The molecule has 1 saturated heterocycles. The maximum atomic E-state index is 15.2. The Kier molecular flexibility index (Phi) is 8.53. The fraction of sp³-hybridized carbons (Fsp3) is 0.667. The van der Waals surface area contributed by atoms with Crippen molar-refractivity contribution in [1.29, 1.82) is 0 Å². The van der Waals surface area contributed by atoms with Crippen molar-refractivity contribution >= 4 is 5.97 Å². The fourth-order valence-corrected chi connectivity index (χ4v) is 4.15. The van der Waals surface area contributed by atoms with Crippen LogP contribution >= 0.6 is 0 Å². The molecule has 0 spiro atoms. The van der Waals surface area contributed by atoms with Crippen molar-refractivity contribution in [2.24, 2.45) is 22.9 Å². The third kappa shape index (κ3) is 5.61. The maximum Gasteiger partial charge on any atom is 0.303 e. The first-order chi connectivity index (χ1) is 15.2. The van der Waals surface area contributed by atoms with Gasteiger partial charge < -0.3 is 47.0 Å². The normalized spacial score (nSPS) is 40.1. The monoisotopic (exact) mass is 456 g/mol. The first-order valence-electron chi connectivity index (χ1n) is 10.7. The largest absolute Gasteiger partial charge is 0.458 e. The molecule has 0 aromatic heterocycles. The van der Waals surface area contributed by atoms with E-state index < -0.39 is 67.1 Å². The van der Waals surface area contributed by atoms with Crippen molar-refractivity contribution < 1.29 is 33.2 Å². The van der Waals surface area contributed by atoms with Crippen LogP contribution in [0.25, 0.3) is 0 Å². The minimum atomic E-state index is -1.64. The second kappa shape index (κ2) is 10.9. The molecule has 1 aliphatic heterocycles. The molecule has 1 aromatic carbocycles. The van der Waals surface area contributed by atoms with Crippen LogP contribution in [0.15, 0.2) is 30.3 Å². The number of carbonyl (C=O) groups excluding carboxylic acids is 1. The molecule has 1 heterocycles. The Bertz CT molecular complexity index is 744. The van der Waals surface area contributed by atoms with Crippen LogP contribution in [0, 0.1) is 0 Å². The number of aliphatic hydroxyl groups excluding tert-OH is 1. The third-order valence-electron chi connectivity index (χ3n) is 5.84. The van der Waals surface area contributed by atoms with Crippen molar-refractivity contribution in [1.82, 2.24) is 0 Å². The molecule has 0 radical (unpaired) electrons. The summed E-state index contributed by atoms with van der Waals surface area (Å²) >= 11 is 0. The Labute approximate surface area is 186 Å². The number of aliphatic hydroxyl groups is 1. The highest BCUT2D eigenvalue weighted by Crippen LogP contribution is 2.30. The Balaban J connectivity index is 1.67. The van der Waals surface area contributed by atoms with E-state index in [1.165, 1.54) is 6.92 Å². The van der Waals surface area contributed by atoms with Gasteiger partial charge in [0.15, 0.2) is 6.29 Å². The SMILES string of the molecule is CC(=O)O[C@@H]1[C@@H](O)[C@H](O[C@H]2O[C@H](CN)[C@@H](OCc3ccccc3)[C@H](F)[C@H]2N)[C@@H](N)C[C@H]1N. The lowest BCUT2D eigenvalue weighted by atomic mass is 9.84. The molecule has 0 amide bonds. The van der Waals surface area contributed by atoms with E-state index in [2.05, 4.69) is 0 Å². The molecule has 10 nitrogen and oxygen atoms in total. The summed E-state index contributed by atoms with van der Waals surface area (Å²) in [6, 6.07) is 6.69. The average molecular weight is 457 g/mol. The number of benzene rings is 1. The van der Waals surface area contributed by atoms with Gasteiger partial charge in [0.1, 0.15) is 36.7 Å². The number of halogens is 1. The van der Waals surface area contributed by atoms with Gasteiger partial charge in [0, 0.05) is 25.6 Å². The second-order valence-electron chi connectivity index (χ2n) is 8.29. The van der Waals surface area contributed by atoms with E-state index in [4.69, 9.17) is 41.9 Å². The van der Waals surface area contributed by atoms with Crippen molar-refractivity contribution in [2.45, 2.75) is 81.1 Å². The Morgan fingerprint density at radius 2 is 1.81 bits per heavy atom. The number of hydrogen-bond acceptors (Lipinski definition) is 10. The molecule has 180 valence electrons. The summed E-state index contributed by atoms with van der Waals surface area (Å²) in [7, 11) is 0. The van der Waals surface area contributed by atoms with Gasteiger partial charge in [-0.15, -0.1) is 0 Å². The number of hydrogen-bond donors (Lipinski definition) is 5. The zero-order valence-corrected chi connectivity index (χ0v) is 18.0. The molecule has 3 rings (SSSR count). The lowest BCUT2D eigenvalue weighted by Gasteiger charge is -2.46. The lowest BCUT2D eigenvalue weighted by Crippen LogP contribution is -2.67. The lowest BCUT2D eigenvalue weighted by molar-refractivity contribution is -0.287. The van der Waals surface area contributed by atoms with Gasteiger partial charge in [-0.1, -0.05) is 30.3 Å². The van der Waals surface area contributed by atoms with Gasteiger partial charge in [-0.2, -0.15) is 0 Å². The summed E-state index contributed by atoms with van der Waals surface area (Å²) < 4.78 is 37.8. The topological polar surface area (TPSA) is 178 Å². The van der Waals surface area contributed by atoms with E-state index in [-0.39, 0.29) is 19.6 Å². The van der Waals surface area contributed by atoms with Crippen molar-refractivity contribution in [2.75, 3.05) is 6.54 Å². The van der Waals surface area contributed by atoms with Crippen LogP contribution < -0.4 is 22.9 Å². The van der Waals surface area contributed by atoms with Crippen LogP contribution in [0.2, 0.25) is 0 Å². The minimum absolute atomic E-state index is 0.0350. The van der Waals surface area contributed by atoms with Gasteiger partial charge in [-0.3, -0.25) is 4.79 Å². The van der Waals surface area contributed by atoms with Crippen molar-refractivity contribution in [3.05, 3.63) is 35.9 Å². The maximum absolute atomic E-state index is 15.2. The smallest absolute Gasteiger partial charge is 0.303 e. The Hall–Kier alpha value is -1.70. The molecular formula is C21H33FN4O6. The van der Waals surface area contributed by atoms with E-state index in [9.17, 15) is 9.90 Å². The summed E-state index contributed by atoms with van der Waals surface area (Å²) in [6.07, 6.45) is -7.90. The fourth-order valence-electron chi connectivity index (χ4n) is 4.15. The number of esters is 1. The Morgan fingerprint density at radius 3 is 2.44 bits per heavy atom. The van der Waals surface area contributed by atoms with Gasteiger partial charge in [0.25, 0.3) is 0 Å². The van der Waals surface area contributed by atoms with E-state index in [1.54, 1.807) is 0 Å². The zero-order chi connectivity index (χ0) is 23.4. The van der Waals surface area contributed by atoms with E-state index in [0.717, 1.165) is 5.56 Å². The molecule has 0 bridgehead atoms. The zero-order valence-electron chi connectivity index (χ0n) is 18.0. The highest BCUT2D eigenvalue weighted by molar-refractivity contribution is 5.66. The molecule has 1 aromatic rings. The first-order valence-corrected chi connectivity index (χ1v) is 10.7. The predicted octanol–water partition coefficient (Wildman–Crippen LogP) is -1.34. The summed E-state index contributed by atoms with van der Waals surface area (Å²) in [5.41, 5.74) is 24.8.